The van der Waals surface area contributed by atoms with Crippen LogP contribution in [0.5, 0.6) is 0 Å². The van der Waals surface area contributed by atoms with Gasteiger partial charge in [-0.1, -0.05) is 80.6 Å². The van der Waals surface area contributed by atoms with Crippen molar-refractivity contribution < 1.29 is 72.1 Å². The summed E-state index contributed by atoms with van der Waals surface area (Å²) in [7, 11) is 2.42. The van der Waals surface area contributed by atoms with Crippen molar-refractivity contribution in [1.82, 2.24) is 5.32 Å². The van der Waals surface area contributed by atoms with Gasteiger partial charge in [0.25, 0.3) is 5.91 Å². The molecule has 16 heteroatoms. The number of rotatable bonds is 11. The molecule has 3 aromatic carbocycles. The van der Waals surface area contributed by atoms with Crippen molar-refractivity contribution in [2.45, 2.75) is 101 Å². The topological polar surface area (TPSA) is 220 Å². The molecule has 0 radical (unpaired) electrons. The van der Waals surface area contributed by atoms with Crippen LogP contribution in [0.15, 0.2) is 102 Å². The minimum atomic E-state index is -2.38. The lowest BCUT2D eigenvalue weighted by atomic mass is 9.44. The van der Waals surface area contributed by atoms with Gasteiger partial charge in [0.15, 0.2) is 23.6 Å². The number of hydrogen-bond donors (Lipinski definition) is 3. The van der Waals surface area contributed by atoms with Gasteiger partial charge in [-0.2, -0.15) is 0 Å². The molecule has 3 aliphatic carbocycles. The summed E-state index contributed by atoms with van der Waals surface area (Å²) in [6, 6.07) is 23.1. The Kier molecular flexibility index (Phi) is 12.6. The second-order valence-corrected chi connectivity index (χ2v) is 17.5. The smallest absolute Gasteiger partial charge is 0.456 e. The molecule has 1 saturated heterocycles. The molecular formula is C48H53NO15. The van der Waals surface area contributed by atoms with E-state index in [1.807, 2.05) is 0 Å². The Balaban J connectivity index is 1.41. The van der Waals surface area contributed by atoms with Crippen LogP contribution in [0.2, 0.25) is 0 Å². The van der Waals surface area contributed by atoms with Gasteiger partial charge < -0.3 is 48.7 Å². The number of esters is 3. The fourth-order valence-electron chi connectivity index (χ4n) is 10.5. The second kappa shape index (κ2) is 17.6. The zero-order valence-corrected chi connectivity index (χ0v) is 36.6. The average Bonchev–Trinajstić information content (AvgIpc) is 3.28. The molecule has 3 aromatic rings. The Morgan fingerprint density at radius 1 is 0.844 bits per heavy atom. The molecule has 2 bridgehead atoms. The summed E-state index contributed by atoms with van der Waals surface area (Å²) < 4.78 is 41.6. The number of ketones is 1. The number of benzene rings is 3. The Hall–Kier alpha value is -5.94. The number of aliphatic hydroxyl groups is 2. The van der Waals surface area contributed by atoms with E-state index in [1.165, 1.54) is 40.0 Å². The minimum absolute atomic E-state index is 0.00812. The first kappa shape index (κ1) is 46.1. The van der Waals surface area contributed by atoms with Crippen LogP contribution in [0.3, 0.4) is 0 Å². The monoisotopic (exact) mass is 883 g/mol. The molecule has 4 aliphatic rings. The maximum Gasteiger partial charge on any atom is 0.509 e. The Bertz CT molecular complexity index is 2320. The van der Waals surface area contributed by atoms with Crippen molar-refractivity contribution in [2.24, 2.45) is 16.7 Å². The van der Waals surface area contributed by atoms with Crippen molar-refractivity contribution in [2.75, 3.05) is 20.8 Å². The number of hydrogen-bond acceptors (Lipinski definition) is 15. The summed E-state index contributed by atoms with van der Waals surface area (Å²) in [4.78, 5) is 84.4. The molecule has 3 fully saturated rings. The predicted octanol–water partition coefficient (Wildman–Crippen LogP) is 4.61. The van der Waals surface area contributed by atoms with E-state index in [4.69, 9.17) is 33.2 Å². The van der Waals surface area contributed by atoms with Crippen molar-refractivity contribution in [3.05, 3.63) is 119 Å². The van der Waals surface area contributed by atoms with Crippen molar-refractivity contribution in [1.29, 1.82) is 0 Å². The number of carbonyl (C=O) groups is 6. The maximum absolute atomic E-state index is 15.8. The van der Waals surface area contributed by atoms with Crippen LogP contribution in [0.4, 0.5) is 4.79 Å². The Morgan fingerprint density at radius 3 is 1.98 bits per heavy atom. The van der Waals surface area contributed by atoms with Gasteiger partial charge in [-0.05, 0) is 54.8 Å². The number of fused-ring (bicyclic) bond motifs is 5. The molecule has 340 valence electrons. The first-order valence-corrected chi connectivity index (χ1v) is 21.0. The van der Waals surface area contributed by atoms with Gasteiger partial charge in [-0.3, -0.25) is 14.4 Å². The zero-order chi connectivity index (χ0) is 46.4. The lowest BCUT2D eigenvalue weighted by Crippen LogP contribution is -2.82. The molecule has 0 spiro atoms. The minimum Gasteiger partial charge on any atom is -0.456 e. The summed E-state index contributed by atoms with van der Waals surface area (Å²) in [6.07, 6.45) is -10.9. The van der Waals surface area contributed by atoms with Crippen LogP contribution < -0.4 is 5.32 Å². The summed E-state index contributed by atoms with van der Waals surface area (Å²) in [5.41, 5.74) is -6.79. The highest BCUT2D eigenvalue weighted by atomic mass is 16.7. The molecule has 7 rings (SSSR count). The van der Waals surface area contributed by atoms with Gasteiger partial charge in [-0.25, -0.2) is 14.4 Å². The van der Waals surface area contributed by atoms with Gasteiger partial charge >= 0.3 is 24.1 Å². The number of amides is 1. The molecular weight excluding hydrogens is 831 g/mol. The van der Waals surface area contributed by atoms with Gasteiger partial charge in [-0.15, -0.1) is 0 Å². The summed E-state index contributed by atoms with van der Waals surface area (Å²) in [6.45, 7) is 7.10. The third kappa shape index (κ3) is 7.65. The molecule has 3 N–H and O–H groups in total. The van der Waals surface area contributed by atoms with Crippen LogP contribution in [-0.2, 0) is 47.5 Å². The standard InChI is InChI=1S/C48H53NO15/c1-26-31(61-43(55)36(51)35(28-17-11-8-12-18-28)49-41(53)29-19-13-9-14-20-29)24-48(57)40(63-42(54)30-21-15-10-16-22-30)38-46(5,32(58-6)23-33-47(38,25-60-33)64-27(2)50)39(52)37(62-44(56)59-7)34(26)45(48,3)4/h8-22,31-33,35-38,40,51,57H,23-25H2,1-7H3,(H,49,53)/t31-,32-,33+,35-,36+,37+,38-,40-,46+,47-,48+/m0/s1. The normalized spacial score (nSPS) is 31.2. The van der Waals surface area contributed by atoms with Crippen LogP contribution in [0.1, 0.15) is 79.8 Å². The second-order valence-electron chi connectivity index (χ2n) is 17.5. The molecule has 64 heavy (non-hydrogen) atoms. The average molecular weight is 884 g/mol. The van der Waals surface area contributed by atoms with E-state index in [1.54, 1.807) is 92.7 Å². The molecule has 11 atom stereocenters. The molecule has 0 unspecified atom stereocenters. The van der Waals surface area contributed by atoms with E-state index in [-0.39, 0.29) is 35.3 Å². The highest BCUT2D eigenvalue weighted by Crippen LogP contribution is 2.65. The Morgan fingerprint density at radius 2 is 1.44 bits per heavy atom. The van der Waals surface area contributed by atoms with Crippen molar-refractivity contribution in [3.8, 4) is 0 Å². The Labute approximate surface area is 370 Å². The number of carbonyl (C=O) groups excluding carboxylic acids is 6. The lowest BCUT2D eigenvalue weighted by molar-refractivity contribution is -0.347. The summed E-state index contributed by atoms with van der Waals surface area (Å²) in [5.74, 6) is -5.73. The number of nitrogens with one attached hydrogen (secondary N) is 1. The van der Waals surface area contributed by atoms with E-state index < -0.39 is 113 Å². The number of methoxy groups -OCH3 is 2. The quantitative estimate of drug-likeness (QED) is 0.136. The van der Waals surface area contributed by atoms with Gasteiger partial charge in [0.2, 0.25) is 0 Å². The molecule has 1 aliphatic heterocycles. The number of Topliss-reactive ketones (excluding diaryl/α,β-unsaturated/α-hetero) is 1. The highest BCUT2D eigenvalue weighted by Gasteiger charge is 2.78. The number of aliphatic hydroxyl groups excluding tert-OH is 1. The molecule has 0 aromatic heterocycles. The van der Waals surface area contributed by atoms with Gasteiger partial charge in [0, 0.05) is 37.9 Å². The summed E-state index contributed by atoms with van der Waals surface area (Å²) >= 11 is 0. The third-order valence-corrected chi connectivity index (χ3v) is 13.8. The van der Waals surface area contributed by atoms with Crippen LogP contribution in [-0.4, -0.2) is 115 Å². The van der Waals surface area contributed by atoms with Crippen LogP contribution >= 0.6 is 0 Å². The van der Waals surface area contributed by atoms with E-state index in [0.29, 0.717) is 5.56 Å². The van der Waals surface area contributed by atoms with E-state index >= 15 is 4.79 Å². The fraction of sp³-hybridized carbons (Fsp3) is 0.458. The predicted molar refractivity (Wildman–Crippen MR) is 224 cm³/mol. The SMILES string of the molecule is COC(=O)O[C@H]1C(=O)[C@]2(C)[C@@H](OC)C[C@H]3OC[C@@]3(OC(C)=O)[C@H]2[C@H](OC(=O)c2ccccc2)[C@]2(O)C[C@H](OC(=O)[C@H](O)[C@@H](NC(=O)c3ccccc3)c3ccccc3)C(C)=C1C2(C)C. The summed E-state index contributed by atoms with van der Waals surface area (Å²) in [5, 5.41) is 28.4. The van der Waals surface area contributed by atoms with E-state index in [2.05, 4.69) is 5.32 Å². The van der Waals surface area contributed by atoms with Crippen LogP contribution in [0, 0.1) is 16.7 Å². The molecule has 1 heterocycles. The molecule has 16 nitrogen and oxygen atoms in total. The van der Waals surface area contributed by atoms with Crippen LogP contribution in [0.25, 0.3) is 0 Å². The first-order chi connectivity index (χ1) is 30.3. The molecule has 2 saturated carbocycles. The largest absolute Gasteiger partial charge is 0.509 e. The van der Waals surface area contributed by atoms with Crippen molar-refractivity contribution >= 4 is 35.8 Å². The maximum atomic E-state index is 15.8. The van der Waals surface area contributed by atoms with Gasteiger partial charge in [0.05, 0.1) is 42.8 Å². The zero-order valence-electron chi connectivity index (χ0n) is 36.6. The van der Waals surface area contributed by atoms with Crippen molar-refractivity contribution in [3.63, 3.8) is 0 Å². The van der Waals surface area contributed by atoms with E-state index in [0.717, 1.165) is 7.11 Å². The third-order valence-electron chi connectivity index (χ3n) is 13.8. The van der Waals surface area contributed by atoms with E-state index in [9.17, 15) is 34.2 Å². The number of ether oxygens (including phenoxy) is 7. The molecule has 1 amide bonds. The van der Waals surface area contributed by atoms with Gasteiger partial charge in [0.1, 0.15) is 23.9 Å². The first-order valence-electron chi connectivity index (χ1n) is 21.0. The fourth-order valence-corrected chi connectivity index (χ4v) is 10.5. The highest BCUT2D eigenvalue weighted by molar-refractivity contribution is 5.96. The lowest BCUT2D eigenvalue weighted by Gasteiger charge is -2.67.